The molecule has 1 unspecified atom stereocenters. The van der Waals surface area contributed by atoms with Crippen LogP contribution in [0.15, 0.2) is 36.4 Å². The van der Waals surface area contributed by atoms with Gasteiger partial charge in [-0.25, -0.2) is 0 Å². The normalized spacial score (nSPS) is 18.5. The number of rotatable bonds is 2. The van der Waals surface area contributed by atoms with Crippen molar-refractivity contribution in [3.8, 4) is 0 Å². The lowest BCUT2D eigenvalue weighted by Crippen LogP contribution is -1.96. The Balaban J connectivity index is 0.000000853. The summed E-state index contributed by atoms with van der Waals surface area (Å²) in [4.78, 5) is 4.58. The molecule has 0 saturated carbocycles. The molecular weight excluding hydrogens is 210 g/mol. The standard InChI is InChI=1S/C12H11NO.ClH/c1-2-4-12-9(3-1)5-6-10(13-12)7-11-8-14-11;/h1-6,11H,7-8H2;1H. The van der Waals surface area contributed by atoms with Crippen molar-refractivity contribution in [3.63, 3.8) is 0 Å². The van der Waals surface area contributed by atoms with E-state index in [-0.39, 0.29) is 12.4 Å². The highest BCUT2D eigenvalue weighted by Crippen LogP contribution is 2.17. The van der Waals surface area contributed by atoms with Crippen LogP contribution in [-0.4, -0.2) is 17.7 Å². The number of halogens is 1. The fraction of sp³-hybridized carbons (Fsp3) is 0.250. The number of ether oxygens (including phenoxy) is 1. The lowest BCUT2D eigenvalue weighted by atomic mass is 10.1. The van der Waals surface area contributed by atoms with Gasteiger partial charge in [0, 0.05) is 17.5 Å². The first kappa shape index (κ1) is 10.4. The summed E-state index contributed by atoms with van der Waals surface area (Å²) in [5.41, 5.74) is 2.21. The van der Waals surface area contributed by atoms with E-state index < -0.39 is 0 Å². The Morgan fingerprint density at radius 3 is 2.80 bits per heavy atom. The van der Waals surface area contributed by atoms with Crippen LogP contribution in [0, 0.1) is 0 Å². The van der Waals surface area contributed by atoms with Crippen LogP contribution in [0.25, 0.3) is 10.9 Å². The molecule has 2 heterocycles. The number of nitrogens with zero attached hydrogens (tertiary/aromatic N) is 1. The largest absolute Gasteiger partial charge is 0.373 e. The molecule has 3 rings (SSSR count). The van der Waals surface area contributed by atoms with E-state index in [1.807, 2.05) is 18.2 Å². The summed E-state index contributed by atoms with van der Waals surface area (Å²) in [5, 5.41) is 1.20. The minimum absolute atomic E-state index is 0. The number of para-hydroxylation sites is 1. The van der Waals surface area contributed by atoms with Crippen molar-refractivity contribution in [1.29, 1.82) is 0 Å². The highest BCUT2D eigenvalue weighted by atomic mass is 35.5. The molecule has 0 radical (unpaired) electrons. The molecule has 78 valence electrons. The Morgan fingerprint density at radius 1 is 1.20 bits per heavy atom. The molecule has 1 fully saturated rings. The van der Waals surface area contributed by atoms with E-state index in [9.17, 15) is 0 Å². The second-order valence-electron chi connectivity index (χ2n) is 3.65. The van der Waals surface area contributed by atoms with Gasteiger partial charge < -0.3 is 4.74 Å². The zero-order valence-corrected chi connectivity index (χ0v) is 9.04. The van der Waals surface area contributed by atoms with E-state index in [2.05, 4.69) is 23.2 Å². The molecule has 1 aliphatic rings. The van der Waals surface area contributed by atoms with Crippen molar-refractivity contribution in [1.82, 2.24) is 4.98 Å². The Kier molecular flexibility index (Phi) is 2.89. The molecule has 1 aliphatic heterocycles. The molecule has 1 saturated heterocycles. The number of benzene rings is 1. The van der Waals surface area contributed by atoms with Gasteiger partial charge in [0.1, 0.15) is 0 Å². The number of fused-ring (bicyclic) bond motifs is 1. The molecule has 0 amide bonds. The average molecular weight is 222 g/mol. The van der Waals surface area contributed by atoms with Crippen LogP contribution in [0.2, 0.25) is 0 Å². The van der Waals surface area contributed by atoms with Gasteiger partial charge in [0.25, 0.3) is 0 Å². The van der Waals surface area contributed by atoms with Crippen LogP contribution in [0.3, 0.4) is 0 Å². The molecule has 1 atom stereocenters. The summed E-state index contributed by atoms with van der Waals surface area (Å²) < 4.78 is 5.18. The van der Waals surface area contributed by atoms with Gasteiger partial charge in [-0.3, -0.25) is 4.98 Å². The Hall–Kier alpha value is -1.12. The first-order chi connectivity index (χ1) is 6.92. The zero-order valence-electron chi connectivity index (χ0n) is 8.22. The van der Waals surface area contributed by atoms with Gasteiger partial charge in [0.05, 0.1) is 18.2 Å². The molecule has 1 aromatic heterocycles. The van der Waals surface area contributed by atoms with Crippen molar-refractivity contribution in [2.45, 2.75) is 12.5 Å². The van der Waals surface area contributed by atoms with Crippen molar-refractivity contribution in [2.24, 2.45) is 0 Å². The van der Waals surface area contributed by atoms with Gasteiger partial charge in [-0.2, -0.15) is 0 Å². The highest BCUT2D eigenvalue weighted by Gasteiger charge is 2.23. The zero-order chi connectivity index (χ0) is 9.38. The Morgan fingerprint density at radius 2 is 2.00 bits per heavy atom. The first-order valence-electron chi connectivity index (χ1n) is 4.88. The molecular formula is C12H12ClNO. The van der Waals surface area contributed by atoms with Gasteiger partial charge in [0.2, 0.25) is 0 Å². The topological polar surface area (TPSA) is 25.4 Å². The molecule has 0 N–H and O–H groups in total. The number of hydrogen-bond donors (Lipinski definition) is 0. The quantitative estimate of drug-likeness (QED) is 0.729. The van der Waals surface area contributed by atoms with E-state index in [0.29, 0.717) is 6.10 Å². The second kappa shape index (κ2) is 4.17. The van der Waals surface area contributed by atoms with E-state index in [0.717, 1.165) is 24.2 Å². The first-order valence-corrected chi connectivity index (χ1v) is 4.88. The van der Waals surface area contributed by atoms with Gasteiger partial charge in [-0.15, -0.1) is 12.4 Å². The van der Waals surface area contributed by atoms with Crippen LogP contribution >= 0.6 is 12.4 Å². The maximum Gasteiger partial charge on any atom is 0.0865 e. The van der Waals surface area contributed by atoms with Gasteiger partial charge in [0.15, 0.2) is 0 Å². The van der Waals surface area contributed by atoms with Crippen LogP contribution in [0.1, 0.15) is 5.69 Å². The summed E-state index contributed by atoms with van der Waals surface area (Å²) >= 11 is 0. The van der Waals surface area contributed by atoms with E-state index >= 15 is 0 Å². The van der Waals surface area contributed by atoms with Crippen LogP contribution in [0.4, 0.5) is 0 Å². The van der Waals surface area contributed by atoms with Gasteiger partial charge in [-0.1, -0.05) is 24.3 Å². The van der Waals surface area contributed by atoms with Gasteiger partial charge >= 0.3 is 0 Å². The van der Waals surface area contributed by atoms with E-state index in [1.54, 1.807) is 0 Å². The average Bonchev–Trinajstić information content (AvgIpc) is 3.02. The summed E-state index contributed by atoms with van der Waals surface area (Å²) in [7, 11) is 0. The number of pyridine rings is 1. The maximum atomic E-state index is 5.18. The van der Waals surface area contributed by atoms with Gasteiger partial charge in [-0.05, 0) is 12.1 Å². The molecule has 2 nitrogen and oxygen atoms in total. The third kappa shape index (κ3) is 2.28. The monoisotopic (exact) mass is 221 g/mol. The summed E-state index contributed by atoms with van der Waals surface area (Å²) in [5.74, 6) is 0. The fourth-order valence-electron chi connectivity index (χ4n) is 1.64. The lowest BCUT2D eigenvalue weighted by molar-refractivity contribution is 0.406. The summed E-state index contributed by atoms with van der Waals surface area (Å²) in [6.45, 7) is 0.897. The minimum Gasteiger partial charge on any atom is -0.373 e. The maximum absolute atomic E-state index is 5.18. The molecule has 15 heavy (non-hydrogen) atoms. The third-order valence-electron chi connectivity index (χ3n) is 2.50. The predicted molar refractivity (Wildman–Crippen MR) is 62.4 cm³/mol. The van der Waals surface area contributed by atoms with Crippen LogP contribution in [-0.2, 0) is 11.2 Å². The molecule has 0 spiro atoms. The molecule has 1 aromatic carbocycles. The Bertz CT molecular complexity index is 468. The summed E-state index contributed by atoms with van der Waals surface area (Å²) in [6.07, 6.45) is 1.37. The number of hydrogen-bond acceptors (Lipinski definition) is 2. The van der Waals surface area contributed by atoms with Crippen molar-refractivity contribution < 1.29 is 4.74 Å². The number of aromatic nitrogens is 1. The van der Waals surface area contributed by atoms with Crippen LogP contribution < -0.4 is 0 Å². The molecule has 0 bridgehead atoms. The highest BCUT2D eigenvalue weighted by molar-refractivity contribution is 5.85. The Labute approximate surface area is 94.7 Å². The van der Waals surface area contributed by atoms with E-state index in [1.165, 1.54) is 5.39 Å². The van der Waals surface area contributed by atoms with Crippen molar-refractivity contribution in [3.05, 3.63) is 42.1 Å². The van der Waals surface area contributed by atoms with Crippen molar-refractivity contribution >= 4 is 23.3 Å². The van der Waals surface area contributed by atoms with E-state index in [4.69, 9.17) is 4.74 Å². The molecule has 2 aromatic rings. The smallest absolute Gasteiger partial charge is 0.0865 e. The fourth-order valence-corrected chi connectivity index (χ4v) is 1.64. The summed E-state index contributed by atoms with van der Waals surface area (Å²) in [6, 6.07) is 12.4. The molecule has 0 aliphatic carbocycles. The molecule has 3 heteroatoms. The SMILES string of the molecule is Cl.c1ccc2nc(CC3CO3)ccc2c1. The second-order valence-corrected chi connectivity index (χ2v) is 3.65. The lowest BCUT2D eigenvalue weighted by Gasteiger charge is -2.00. The minimum atomic E-state index is 0. The third-order valence-corrected chi connectivity index (χ3v) is 2.50. The number of epoxide rings is 1. The van der Waals surface area contributed by atoms with Crippen molar-refractivity contribution in [2.75, 3.05) is 6.61 Å². The van der Waals surface area contributed by atoms with Crippen LogP contribution in [0.5, 0.6) is 0 Å². The predicted octanol–water partition coefficient (Wildman–Crippen LogP) is 2.60.